The predicted octanol–water partition coefficient (Wildman–Crippen LogP) is 3.51. The van der Waals surface area contributed by atoms with E-state index in [9.17, 15) is 9.59 Å². The van der Waals surface area contributed by atoms with Crippen LogP contribution in [0.5, 0.6) is 0 Å². The van der Waals surface area contributed by atoms with Crippen molar-refractivity contribution in [1.29, 1.82) is 0 Å². The summed E-state index contributed by atoms with van der Waals surface area (Å²) in [7, 11) is 0. The lowest BCUT2D eigenvalue weighted by atomic mass is 9.98. The van der Waals surface area contributed by atoms with Crippen molar-refractivity contribution < 1.29 is 9.59 Å². The molecule has 5 heteroatoms. The van der Waals surface area contributed by atoms with Gasteiger partial charge in [0.05, 0.1) is 0 Å². The Balaban J connectivity index is 2.00. The summed E-state index contributed by atoms with van der Waals surface area (Å²) in [6.07, 6.45) is 1.35. The maximum absolute atomic E-state index is 12.8. The summed E-state index contributed by atoms with van der Waals surface area (Å²) in [6, 6.07) is 14.6. The number of amides is 2. The zero-order chi connectivity index (χ0) is 21.4. The van der Waals surface area contributed by atoms with E-state index in [0.717, 1.165) is 29.3 Å². The Labute approximate surface area is 174 Å². The molecule has 0 aliphatic rings. The minimum atomic E-state index is -0.579. The van der Waals surface area contributed by atoms with Gasteiger partial charge < -0.3 is 10.6 Å². The molecule has 0 heterocycles. The first kappa shape index (κ1) is 22.9. The van der Waals surface area contributed by atoms with E-state index in [0.29, 0.717) is 25.0 Å². The van der Waals surface area contributed by atoms with Crippen molar-refractivity contribution in [2.45, 2.75) is 65.6 Å². The molecule has 2 rings (SSSR count). The van der Waals surface area contributed by atoms with Gasteiger partial charge >= 0.3 is 0 Å². The van der Waals surface area contributed by atoms with Crippen molar-refractivity contribution in [3.63, 3.8) is 0 Å². The molecular weight excluding hydrogens is 362 g/mol. The van der Waals surface area contributed by atoms with Crippen molar-refractivity contribution in [3.05, 3.63) is 48.0 Å². The van der Waals surface area contributed by atoms with Crippen molar-refractivity contribution >= 4 is 22.6 Å². The Morgan fingerprint density at radius 2 is 1.62 bits per heavy atom. The molecule has 0 aliphatic heterocycles. The number of carbonyl (C=O) groups excluding carboxylic acids is 2. The highest BCUT2D eigenvalue weighted by molar-refractivity contribution is 5.89. The highest BCUT2D eigenvalue weighted by Gasteiger charge is 2.21. The van der Waals surface area contributed by atoms with Crippen LogP contribution in [0.2, 0.25) is 0 Å². The molecule has 0 bridgehead atoms. The lowest BCUT2D eigenvalue weighted by Crippen LogP contribution is -2.48. The summed E-state index contributed by atoms with van der Waals surface area (Å²) in [5.74, 6) is -0.329. The minimum Gasteiger partial charge on any atom is -0.354 e. The van der Waals surface area contributed by atoms with E-state index >= 15 is 0 Å². The fourth-order valence-corrected chi connectivity index (χ4v) is 3.85. The molecule has 2 N–H and O–H groups in total. The third-order valence-corrected chi connectivity index (χ3v) is 5.22. The maximum atomic E-state index is 12.8. The highest BCUT2D eigenvalue weighted by atomic mass is 16.2. The number of hydrogen-bond donors (Lipinski definition) is 2. The van der Waals surface area contributed by atoms with Crippen molar-refractivity contribution in [3.8, 4) is 0 Å². The van der Waals surface area contributed by atoms with Crippen LogP contribution in [-0.2, 0) is 16.0 Å². The van der Waals surface area contributed by atoms with Gasteiger partial charge in [-0.25, -0.2) is 0 Å². The Hall–Kier alpha value is -2.40. The van der Waals surface area contributed by atoms with E-state index in [-0.39, 0.29) is 11.8 Å². The van der Waals surface area contributed by atoms with Gasteiger partial charge in [-0.15, -0.1) is 0 Å². The Morgan fingerprint density at radius 3 is 2.28 bits per heavy atom. The third-order valence-electron chi connectivity index (χ3n) is 5.22. The zero-order valence-electron chi connectivity index (χ0n) is 18.4. The SMILES string of the molecule is CC(=O)N[C@H](Cc1cccc2ccccc12)C(=O)NCCCN(C(C)C)C(C)C. The molecule has 2 aromatic rings. The van der Waals surface area contributed by atoms with E-state index < -0.39 is 6.04 Å². The van der Waals surface area contributed by atoms with Crippen LogP contribution >= 0.6 is 0 Å². The topological polar surface area (TPSA) is 61.4 Å². The molecule has 2 amide bonds. The van der Waals surface area contributed by atoms with Gasteiger partial charge in [0.15, 0.2) is 0 Å². The highest BCUT2D eigenvalue weighted by Crippen LogP contribution is 2.20. The first-order chi connectivity index (χ1) is 13.8. The van der Waals surface area contributed by atoms with Crippen LogP contribution < -0.4 is 10.6 Å². The Kier molecular flexibility index (Phi) is 8.65. The van der Waals surface area contributed by atoms with Crippen LogP contribution in [0.25, 0.3) is 10.8 Å². The van der Waals surface area contributed by atoms with Gasteiger partial charge in [0.25, 0.3) is 0 Å². The normalized spacial score (nSPS) is 12.6. The van der Waals surface area contributed by atoms with Gasteiger partial charge in [-0.1, -0.05) is 42.5 Å². The van der Waals surface area contributed by atoms with E-state index in [4.69, 9.17) is 0 Å². The molecule has 0 radical (unpaired) electrons. The lowest BCUT2D eigenvalue weighted by molar-refractivity contribution is -0.128. The molecule has 0 aromatic heterocycles. The van der Waals surface area contributed by atoms with E-state index in [1.165, 1.54) is 6.92 Å². The molecule has 0 unspecified atom stereocenters. The minimum absolute atomic E-state index is 0.131. The molecule has 0 fully saturated rings. The van der Waals surface area contributed by atoms with Crippen LogP contribution in [0, 0.1) is 0 Å². The maximum Gasteiger partial charge on any atom is 0.242 e. The molecule has 2 aromatic carbocycles. The van der Waals surface area contributed by atoms with Crippen LogP contribution in [-0.4, -0.2) is 47.9 Å². The number of rotatable bonds is 10. The van der Waals surface area contributed by atoms with E-state index in [1.807, 2.05) is 24.3 Å². The summed E-state index contributed by atoms with van der Waals surface area (Å²) >= 11 is 0. The molecule has 0 saturated heterocycles. The number of fused-ring (bicyclic) bond motifs is 1. The Morgan fingerprint density at radius 1 is 0.966 bits per heavy atom. The van der Waals surface area contributed by atoms with Crippen molar-refractivity contribution in [2.24, 2.45) is 0 Å². The summed E-state index contributed by atoms with van der Waals surface area (Å²) < 4.78 is 0. The van der Waals surface area contributed by atoms with Crippen LogP contribution in [0.3, 0.4) is 0 Å². The predicted molar refractivity (Wildman–Crippen MR) is 120 cm³/mol. The summed E-state index contributed by atoms with van der Waals surface area (Å²) in [4.78, 5) is 26.9. The molecule has 29 heavy (non-hydrogen) atoms. The third kappa shape index (κ3) is 6.86. The molecule has 158 valence electrons. The fraction of sp³-hybridized carbons (Fsp3) is 0.500. The van der Waals surface area contributed by atoms with Crippen molar-refractivity contribution in [2.75, 3.05) is 13.1 Å². The van der Waals surface area contributed by atoms with Crippen LogP contribution in [0.1, 0.15) is 46.6 Å². The average molecular weight is 398 g/mol. The zero-order valence-corrected chi connectivity index (χ0v) is 18.4. The van der Waals surface area contributed by atoms with Gasteiger partial charge in [0.1, 0.15) is 6.04 Å². The standard InChI is InChI=1S/C24H35N3O2/c1-17(2)27(18(3)4)15-9-14-25-24(29)23(26-19(5)28)16-21-12-8-11-20-10-6-7-13-22(20)21/h6-8,10-13,17-18,23H,9,14-16H2,1-5H3,(H,25,29)(H,26,28)/t23-/m1/s1. The van der Waals surface area contributed by atoms with E-state index in [1.54, 1.807) is 0 Å². The van der Waals surface area contributed by atoms with Gasteiger partial charge in [-0.05, 0) is 50.5 Å². The molecule has 1 atom stereocenters. The van der Waals surface area contributed by atoms with Crippen LogP contribution in [0.4, 0.5) is 0 Å². The van der Waals surface area contributed by atoms with Gasteiger partial charge in [0.2, 0.25) is 11.8 Å². The number of hydrogen-bond acceptors (Lipinski definition) is 3. The van der Waals surface area contributed by atoms with Crippen LogP contribution in [0.15, 0.2) is 42.5 Å². The average Bonchev–Trinajstić information content (AvgIpc) is 2.66. The van der Waals surface area contributed by atoms with Crippen molar-refractivity contribution in [1.82, 2.24) is 15.5 Å². The second-order valence-corrected chi connectivity index (χ2v) is 8.17. The van der Waals surface area contributed by atoms with E-state index in [2.05, 4.69) is 61.4 Å². The number of benzene rings is 2. The number of nitrogens with one attached hydrogen (secondary N) is 2. The number of carbonyl (C=O) groups is 2. The smallest absolute Gasteiger partial charge is 0.242 e. The first-order valence-corrected chi connectivity index (χ1v) is 10.6. The molecule has 0 aliphatic carbocycles. The molecule has 0 spiro atoms. The van der Waals surface area contributed by atoms with Gasteiger partial charge in [-0.2, -0.15) is 0 Å². The molecule has 5 nitrogen and oxygen atoms in total. The summed E-state index contributed by atoms with van der Waals surface area (Å²) in [5, 5.41) is 8.07. The number of nitrogens with zero attached hydrogens (tertiary/aromatic N) is 1. The fourth-order valence-electron chi connectivity index (χ4n) is 3.85. The quantitative estimate of drug-likeness (QED) is 0.603. The lowest BCUT2D eigenvalue weighted by Gasteiger charge is -2.30. The molecular formula is C24H35N3O2. The summed E-state index contributed by atoms with van der Waals surface area (Å²) in [6.45, 7) is 11.7. The van der Waals surface area contributed by atoms with Gasteiger partial charge in [0, 0.05) is 38.5 Å². The largest absolute Gasteiger partial charge is 0.354 e. The second kappa shape index (κ2) is 11.0. The monoisotopic (exact) mass is 397 g/mol. The second-order valence-electron chi connectivity index (χ2n) is 8.17. The first-order valence-electron chi connectivity index (χ1n) is 10.6. The Bertz CT molecular complexity index is 803. The molecule has 0 saturated carbocycles. The van der Waals surface area contributed by atoms with Gasteiger partial charge in [-0.3, -0.25) is 14.5 Å². The summed E-state index contributed by atoms with van der Waals surface area (Å²) in [5.41, 5.74) is 1.06.